The van der Waals surface area contributed by atoms with Crippen LogP contribution < -0.4 is 11.5 Å². The number of hydrogen-bond acceptors (Lipinski definition) is 5. The van der Waals surface area contributed by atoms with Gasteiger partial charge in [-0.3, -0.25) is 4.79 Å². The lowest BCUT2D eigenvalue weighted by atomic mass is 10.3. The van der Waals surface area contributed by atoms with Gasteiger partial charge >= 0.3 is 0 Å². The third-order valence-electron chi connectivity index (χ3n) is 3.01. The highest BCUT2D eigenvalue weighted by atomic mass is 79.9. The van der Waals surface area contributed by atoms with E-state index in [0.29, 0.717) is 0 Å². The lowest BCUT2D eigenvalue weighted by Crippen LogP contribution is -2.54. The molecule has 1 aromatic carbocycles. The molecule has 1 atom stereocenters. The minimum absolute atomic E-state index is 0.0748. The average molecular weight is 382 g/mol. The Morgan fingerprint density at radius 3 is 2.76 bits per heavy atom. The van der Waals surface area contributed by atoms with Crippen LogP contribution in [0, 0.1) is 5.82 Å². The van der Waals surface area contributed by atoms with Crippen LogP contribution >= 0.6 is 15.9 Å². The van der Waals surface area contributed by atoms with E-state index in [1.807, 2.05) is 0 Å². The van der Waals surface area contributed by atoms with Crippen LogP contribution in [0.3, 0.4) is 0 Å². The first kappa shape index (κ1) is 16.1. The summed E-state index contributed by atoms with van der Waals surface area (Å²) in [5.41, 5.74) is 10.8. The van der Waals surface area contributed by atoms with E-state index in [1.165, 1.54) is 6.07 Å². The Bertz CT molecular complexity index is 682. The maximum absolute atomic E-state index is 14.1. The summed E-state index contributed by atoms with van der Waals surface area (Å²) >= 11 is 2.90. The maximum Gasteiger partial charge on any atom is 0.246 e. The Balaban J connectivity index is 2.53. The molecule has 0 saturated carbocycles. The van der Waals surface area contributed by atoms with Gasteiger partial charge in [-0.15, -0.1) is 0 Å². The fourth-order valence-corrected chi connectivity index (χ4v) is 4.30. The number of nitrogen functional groups attached to an aromatic ring is 1. The Kier molecular flexibility index (Phi) is 4.51. The van der Waals surface area contributed by atoms with Gasteiger partial charge in [0.15, 0.2) is 5.82 Å². The zero-order valence-electron chi connectivity index (χ0n) is 10.8. The number of benzene rings is 1. The number of nitrogens with two attached hydrogens (primary N) is 2. The number of primary amides is 1. The number of hydrogen-bond donors (Lipinski definition) is 2. The van der Waals surface area contributed by atoms with Crippen LogP contribution in [-0.4, -0.2) is 44.4 Å². The van der Waals surface area contributed by atoms with E-state index in [-0.39, 0.29) is 29.9 Å². The van der Waals surface area contributed by atoms with Crippen LogP contribution in [0.5, 0.6) is 0 Å². The van der Waals surface area contributed by atoms with Gasteiger partial charge < -0.3 is 16.2 Å². The molecular formula is C11H13BrFN3O4S. The number of sulfonamides is 1. The standard InChI is InChI=1S/C11H13BrFN3O4S/c12-7-3-6(14)4-9(10(7)13)21(18,19)16-1-2-20-5-8(16)11(15)17/h3-4,8H,1-2,5,14H2,(H2,15,17). The normalized spacial score (nSPS) is 20.4. The summed E-state index contributed by atoms with van der Waals surface area (Å²) in [6.07, 6.45) is 0. The number of nitrogens with zero attached hydrogens (tertiary/aromatic N) is 1. The topological polar surface area (TPSA) is 116 Å². The highest BCUT2D eigenvalue weighted by molar-refractivity contribution is 9.10. The molecule has 1 saturated heterocycles. The van der Waals surface area contributed by atoms with E-state index in [2.05, 4.69) is 15.9 Å². The van der Waals surface area contributed by atoms with Crippen LogP contribution in [-0.2, 0) is 19.6 Å². The molecule has 1 heterocycles. The smallest absolute Gasteiger partial charge is 0.246 e. The number of carbonyl (C=O) groups excluding carboxylic acids is 1. The van der Waals surface area contributed by atoms with Crippen molar-refractivity contribution < 1.29 is 22.3 Å². The van der Waals surface area contributed by atoms with Gasteiger partial charge in [0.1, 0.15) is 10.9 Å². The van der Waals surface area contributed by atoms with Gasteiger partial charge in [-0.05, 0) is 28.1 Å². The first-order valence-corrected chi connectivity index (χ1v) is 8.12. The van der Waals surface area contributed by atoms with E-state index >= 15 is 0 Å². The summed E-state index contributed by atoms with van der Waals surface area (Å²) in [6, 6.07) is 1.07. The number of anilines is 1. The number of ether oxygens (including phenoxy) is 1. The monoisotopic (exact) mass is 381 g/mol. The van der Waals surface area contributed by atoms with Gasteiger partial charge in [0.2, 0.25) is 15.9 Å². The highest BCUT2D eigenvalue weighted by Gasteiger charge is 2.39. The Labute approximate surface area is 129 Å². The molecule has 1 fully saturated rings. The number of carbonyl (C=O) groups is 1. The summed E-state index contributed by atoms with van der Waals surface area (Å²) in [5.74, 6) is -1.83. The first-order chi connectivity index (χ1) is 9.75. The predicted octanol–water partition coefficient (Wildman–Crippen LogP) is 0.0452. The second-order valence-corrected chi connectivity index (χ2v) is 7.14. The van der Waals surface area contributed by atoms with Crippen LogP contribution in [0.4, 0.5) is 10.1 Å². The van der Waals surface area contributed by atoms with Gasteiger partial charge in [-0.25, -0.2) is 12.8 Å². The molecule has 1 aliphatic heterocycles. The van der Waals surface area contributed by atoms with Crippen molar-refractivity contribution in [2.45, 2.75) is 10.9 Å². The molecule has 21 heavy (non-hydrogen) atoms. The van der Waals surface area contributed by atoms with Crippen molar-refractivity contribution in [1.82, 2.24) is 4.31 Å². The van der Waals surface area contributed by atoms with Gasteiger partial charge in [0.25, 0.3) is 0 Å². The average Bonchev–Trinajstić information content (AvgIpc) is 2.42. The SMILES string of the molecule is NC(=O)C1COCCN1S(=O)(=O)c1cc(N)cc(Br)c1F. The highest BCUT2D eigenvalue weighted by Crippen LogP contribution is 2.29. The zero-order chi connectivity index (χ0) is 15.8. The fourth-order valence-electron chi connectivity index (χ4n) is 2.00. The predicted molar refractivity (Wildman–Crippen MR) is 76.2 cm³/mol. The first-order valence-electron chi connectivity index (χ1n) is 5.88. The van der Waals surface area contributed by atoms with Gasteiger partial charge in [0.05, 0.1) is 17.7 Å². The van der Waals surface area contributed by atoms with Crippen LogP contribution in [0.15, 0.2) is 21.5 Å². The molecule has 0 aromatic heterocycles. The van der Waals surface area contributed by atoms with E-state index in [4.69, 9.17) is 16.2 Å². The lowest BCUT2D eigenvalue weighted by molar-refractivity contribution is -0.125. The molecule has 0 radical (unpaired) electrons. The van der Waals surface area contributed by atoms with Crippen molar-refractivity contribution in [2.24, 2.45) is 5.73 Å². The summed E-state index contributed by atoms with van der Waals surface area (Å²) in [6.45, 7) is -0.171. The van der Waals surface area contributed by atoms with Crippen LogP contribution in [0.2, 0.25) is 0 Å². The van der Waals surface area contributed by atoms with E-state index < -0.39 is 32.7 Å². The molecule has 0 spiro atoms. The molecule has 1 aliphatic rings. The van der Waals surface area contributed by atoms with Crippen LogP contribution in [0.25, 0.3) is 0 Å². The third kappa shape index (κ3) is 3.03. The molecule has 4 N–H and O–H groups in total. The minimum atomic E-state index is -4.26. The molecule has 7 nitrogen and oxygen atoms in total. The van der Waals surface area contributed by atoms with E-state index in [1.54, 1.807) is 0 Å². The quantitative estimate of drug-likeness (QED) is 0.717. The summed E-state index contributed by atoms with van der Waals surface area (Å²) in [4.78, 5) is 10.8. The molecule has 0 aliphatic carbocycles. The van der Waals surface area contributed by atoms with Gasteiger partial charge in [-0.2, -0.15) is 4.31 Å². The molecule has 1 unspecified atom stereocenters. The van der Waals surface area contributed by atoms with E-state index in [9.17, 15) is 17.6 Å². The third-order valence-corrected chi connectivity index (χ3v) is 5.50. The molecule has 1 amide bonds. The zero-order valence-corrected chi connectivity index (χ0v) is 13.2. The lowest BCUT2D eigenvalue weighted by Gasteiger charge is -2.32. The molecular weight excluding hydrogens is 369 g/mol. The molecule has 10 heteroatoms. The van der Waals surface area contributed by atoms with Crippen molar-refractivity contribution in [3.8, 4) is 0 Å². The Morgan fingerprint density at radius 1 is 1.48 bits per heavy atom. The van der Waals surface area contributed by atoms with Gasteiger partial charge in [0, 0.05) is 12.2 Å². The Hall–Kier alpha value is -1.23. The summed E-state index contributed by atoms with van der Waals surface area (Å²) in [7, 11) is -4.26. The second kappa shape index (κ2) is 5.87. The van der Waals surface area contributed by atoms with E-state index in [0.717, 1.165) is 10.4 Å². The molecule has 1 aromatic rings. The number of morpholine rings is 1. The minimum Gasteiger partial charge on any atom is -0.399 e. The van der Waals surface area contributed by atoms with Crippen molar-refractivity contribution in [1.29, 1.82) is 0 Å². The van der Waals surface area contributed by atoms with Crippen molar-refractivity contribution in [3.63, 3.8) is 0 Å². The van der Waals surface area contributed by atoms with Crippen molar-refractivity contribution in [2.75, 3.05) is 25.5 Å². The summed E-state index contributed by atoms with van der Waals surface area (Å²) < 4.78 is 45.1. The largest absolute Gasteiger partial charge is 0.399 e. The number of amides is 1. The van der Waals surface area contributed by atoms with Crippen LogP contribution in [0.1, 0.15) is 0 Å². The van der Waals surface area contributed by atoms with Gasteiger partial charge in [-0.1, -0.05) is 0 Å². The van der Waals surface area contributed by atoms with Crippen molar-refractivity contribution in [3.05, 3.63) is 22.4 Å². The molecule has 0 bridgehead atoms. The molecule has 116 valence electrons. The molecule has 2 rings (SSSR count). The van der Waals surface area contributed by atoms with Crippen molar-refractivity contribution >= 4 is 37.5 Å². The maximum atomic E-state index is 14.1. The summed E-state index contributed by atoms with van der Waals surface area (Å²) in [5, 5.41) is 0. The number of halogens is 2. The number of rotatable bonds is 3. The second-order valence-electron chi connectivity index (χ2n) is 4.42. The Morgan fingerprint density at radius 2 is 2.14 bits per heavy atom. The fraction of sp³-hybridized carbons (Fsp3) is 0.364.